The molecule has 1 aromatic rings. The van der Waals surface area contributed by atoms with Crippen LogP contribution in [0.3, 0.4) is 0 Å². The summed E-state index contributed by atoms with van der Waals surface area (Å²) in [5.41, 5.74) is 0. The molecule has 0 amide bonds. The second-order valence-corrected chi connectivity index (χ2v) is 4.85. The topological polar surface area (TPSA) is 75.2 Å². The maximum absolute atomic E-state index is 5.03. The number of rotatable bonds is 8. The van der Waals surface area contributed by atoms with Crippen LogP contribution >= 0.6 is 0 Å². The Hall–Kier alpha value is -1.63. The van der Waals surface area contributed by atoms with Crippen molar-refractivity contribution in [3.8, 4) is 0 Å². The normalized spacial score (nSPS) is 14.6. The number of methoxy groups -OCH3 is 1. The zero-order chi connectivity index (χ0) is 14.2. The molecule has 1 fully saturated rings. The van der Waals surface area contributed by atoms with Crippen LogP contribution in [0.1, 0.15) is 25.7 Å². The molecule has 1 aliphatic heterocycles. The van der Waals surface area contributed by atoms with Gasteiger partial charge in [0.25, 0.3) is 0 Å². The molecule has 112 valence electrons. The molecule has 7 nitrogen and oxygen atoms in total. The van der Waals surface area contributed by atoms with Crippen LogP contribution < -0.4 is 15.5 Å². The lowest BCUT2D eigenvalue weighted by atomic mass is 10.3. The van der Waals surface area contributed by atoms with Crippen LogP contribution in [0.15, 0.2) is 0 Å². The molecule has 0 unspecified atom stereocenters. The summed E-state index contributed by atoms with van der Waals surface area (Å²) in [4.78, 5) is 15.5. The van der Waals surface area contributed by atoms with E-state index in [1.807, 2.05) is 7.05 Å². The largest absolute Gasteiger partial charge is 0.385 e. The van der Waals surface area contributed by atoms with Crippen molar-refractivity contribution in [3.05, 3.63) is 0 Å². The van der Waals surface area contributed by atoms with Gasteiger partial charge in [-0.1, -0.05) is 0 Å². The Bertz CT molecular complexity index is 408. The summed E-state index contributed by atoms with van der Waals surface area (Å²) in [6, 6.07) is 0. The molecule has 1 aromatic heterocycles. The standard InChI is InChI=1S/C13H24N6O/c1-14-11-16-12(15-7-3-6-10-20-2)18-13(17-11)19-8-4-5-9-19/h3-10H2,1-2H3,(H2,14,15,16,17,18). The fourth-order valence-corrected chi connectivity index (χ4v) is 2.19. The third-order valence-electron chi connectivity index (χ3n) is 3.29. The maximum Gasteiger partial charge on any atom is 0.231 e. The van der Waals surface area contributed by atoms with E-state index in [0.717, 1.165) is 45.0 Å². The molecule has 2 heterocycles. The lowest BCUT2D eigenvalue weighted by molar-refractivity contribution is 0.193. The van der Waals surface area contributed by atoms with Crippen molar-refractivity contribution in [1.82, 2.24) is 15.0 Å². The molecule has 7 heteroatoms. The average Bonchev–Trinajstić information content (AvgIpc) is 3.01. The predicted octanol–water partition coefficient (Wildman–Crippen LogP) is 1.35. The summed E-state index contributed by atoms with van der Waals surface area (Å²) in [6.45, 7) is 3.69. The van der Waals surface area contributed by atoms with Crippen molar-refractivity contribution >= 4 is 17.8 Å². The predicted molar refractivity (Wildman–Crippen MR) is 80.4 cm³/mol. The second-order valence-electron chi connectivity index (χ2n) is 4.85. The van der Waals surface area contributed by atoms with Gasteiger partial charge >= 0.3 is 0 Å². The minimum Gasteiger partial charge on any atom is -0.385 e. The van der Waals surface area contributed by atoms with Crippen LogP contribution in [0.25, 0.3) is 0 Å². The molecule has 2 N–H and O–H groups in total. The Labute approximate surface area is 120 Å². The molecular weight excluding hydrogens is 256 g/mol. The summed E-state index contributed by atoms with van der Waals surface area (Å²) in [6.07, 6.45) is 4.49. The van der Waals surface area contributed by atoms with E-state index in [2.05, 4.69) is 30.5 Å². The van der Waals surface area contributed by atoms with Gasteiger partial charge in [-0.15, -0.1) is 0 Å². The van der Waals surface area contributed by atoms with Crippen LogP contribution in [-0.2, 0) is 4.74 Å². The summed E-state index contributed by atoms with van der Waals surface area (Å²) in [7, 11) is 3.55. The van der Waals surface area contributed by atoms with E-state index in [-0.39, 0.29) is 0 Å². The van der Waals surface area contributed by atoms with E-state index < -0.39 is 0 Å². The van der Waals surface area contributed by atoms with E-state index in [1.165, 1.54) is 12.8 Å². The molecule has 1 aliphatic rings. The lowest BCUT2D eigenvalue weighted by Gasteiger charge is -2.16. The first-order valence-corrected chi connectivity index (χ1v) is 7.25. The number of aromatic nitrogens is 3. The molecule has 0 aliphatic carbocycles. The Morgan fingerprint density at radius 2 is 1.85 bits per heavy atom. The highest BCUT2D eigenvalue weighted by molar-refractivity contribution is 5.43. The maximum atomic E-state index is 5.03. The van der Waals surface area contributed by atoms with Crippen LogP contribution in [0.5, 0.6) is 0 Å². The quantitative estimate of drug-likeness (QED) is 0.696. The summed E-state index contributed by atoms with van der Waals surface area (Å²) in [5.74, 6) is 2.02. The fraction of sp³-hybridized carbons (Fsp3) is 0.769. The monoisotopic (exact) mass is 280 g/mol. The highest BCUT2D eigenvalue weighted by Crippen LogP contribution is 2.18. The van der Waals surface area contributed by atoms with Crippen molar-refractivity contribution in [1.29, 1.82) is 0 Å². The number of nitrogens with zero attached hydrogens (tertiary/aromatic N) is 4. The van der Waals surface area contributed by atoms with Gasteiger partial charge < -0.3 is 20.3 Å². The van der Waals surface area contributed by atoms with Crippen molar-refractivity contribution < 1.29 is 4.74 Å². The molecule has 0 radical (unpaired) electrons. The summed E-state index contributed by atoms with van der Waals surface area (Å²) >= 11 is 0. The molecule has 0 aromatic carbocycles. The van der Waals surface area contributed by atoms with Crippen molar-refractivity contribution in [3.63, 3.8) is 0 Å². The zero-order valence-corrected chi connectivity index (χ0v) is 12.4. The number of ether oxygens (including phenoxy) is 1. The molecule has 2 rings (SSSR count). The molecule has 0 saturated carbocycles. The highest BCUT2D eigenvalue weighted by atomic mass is 16.5. The Morgan fingerprint density at radius 3 is 2.55 bits per heavy atom. The van der Waals surface area contributed by atoms with E-state index in [1.54, 1.807) is 7.11 Å². The molecule has 0 spiro atoms. The minimum absolute atomic E-state index is 0.612. The summed E-state index contributed by atoms with van der Waals surface area (Å²) in [5, 5.41) is 6.25. The fourth-order valence-electron chi connectivity index (χ4n) is 2.19. The van der Waals surface area contributed by atoms with Crippen molar-refractivity contribution in [2.75, 3.05) is 55.9 Å². The SMILES string of the molecule is CNc1nc(NCCCCOC)nc(N2CCCC2)n1. The van der Waals surface area contributed by atoms with Crippen LogP contribution in [0, 0.1) is 0 Å². The van der Waals surface area contributed by atoms with Crippen LogP contribution in [0.4, 0.5) is 17.8 Å². The van der Waals surface area contributed by atoms with E-state index in [4.69, 9.17) is 4.74 Å². The first-order chi connectivity index (χ1) is 9.83. The first-order valence-electron chi connectivity index (χ1n) is 7.25. The highest BCUT2D eigenvalue weighted by Gasteiger charge is 2.16. The van der Waals surface area contributed by atoms with Crippen LogP contribution in [-0.4, -0.2) is 55.4 Å². The smallest absolute Gasteiger partial charge is 0.231 e. The Balaban J connectivity index is 1.94. The van der Waals surface area contributed by atoms with E-state index >= 15 is 0 Å². The molecular formula is C13H24N6O. The number of anilines is 3. The number of unbranched alkanes of at least 4 members (excludes halogenated alkanes) is 1. The molecule has 0 atom stereocenters. The second kappa shape index (κ2) is 7.84. The lowest BCUT2D eigenvalue weighted by Crippen LogP contribution is -2.22. The minimum atomic E-state index is 0.612. The molecule has 0 bridgehead atoms. The molecule has 20 heavy (non-hydrogen) atoms. The average molecular weight is 280 g/mol. The van der Waals surface area contributed by atoms with Gasteiger partial charge in [0.1, 0.15) is 0 Å². The zero-order valence-electron chi connectivity index (χ0n) is 12.4. The van der Waals surface area contributed by atoms with Gasteiger partial charge in [0.2, 0.25) is 17.8 Å². The van der Waals surface area contributed by atoms with Gasteiger partial charge in [0.05, 0.1) is 0 Å². The van der Waals surface area contributed by atoms with Gasteiger partial charge in [-0.2, -0.15) is 15.0 Å². The number of hydrogen-bond donors (Lipinski definition) is 2. The van der Waals surface area contributed by atoms with Gasteiger partial charge in [-0.25, -0.2) is 0 Å². The van der Waals surface area contributed by atoms with Crippen molar-refractivity contribution in [2.24, 2.45) is 0 Å². The molecule has 1 saturated heterocycles. The van der Waals surface area contributed by atoms with E-state index in [9.17, 15) is 0 Å². The van der Waals surface area contributed by atoms with Crippen molar-refractivity contribution in [2.45, 2.75) is 25.7 Å². The first kappa shape index (κ1) is 14.8. The summed E-state index contributed by atoms with van der Waals surface area (Å²) < 4.78 is 5.03. The van der Waals surface area contributed by atoms with Gasteiger partial charge in [0, 0.05) is 40.4 Å². The van der Waals surface area contributed by atoms with Gasteiger partial charge in [-0.3, -0.25) is 0 Å². The van der Waals surface area contributed by atoms with E-state index in [0.29, 0.717) is 11.9 Å². The van der Waals surface area contributed by atoms with Gasteiger partial charge in [-0.05, 0) is 25.7 Å². The number of hydrogen-bond acceptors (Lipinski definition) is 7. The Kier molecular flexibility index (Phi) is 5.79. The van der Waals surface area contributed by atoms with Crippen LogP contribution in [0.2, 0.25) is 0 Å². The number of nitrogens with one attached hydrogen (secondary N) is 2. The van der Waals surface area contributed by atoms with Gasteiger partial charge in [0.15, 0.2) is 0 Å². The Morgan fingerprint density at radius 1 is 1.10 bits per heavy atom. The third-order valence-corrected chi connectivity index (χ3v) is 3.29. The third kappa shape index (κ3) is 4.19.